The lowest BCUT2D eigenvalue weighted by Gasteiger charge is -2.59. The Morgan fingerprint density at radius 2 is 2.07 bits per heavy atom. The lowest BCUT2D eigenvalue weighted by molar-refractivity contribution is -0.167. The van der Waals surface area contributed by atoms with E-state index in [-0.39, 0.29) is 29.1 Å². The van der Waals surface area contributed by atoms with Crippen molar-refractivity contribution < 1.29 is 14.3 Å². The largest absolute Gasteiger partial charge is 0.467 e. The predicted octanol–water partition coefficient (Wildman–Crippen LogP) is 2.79. The third-order valence-electron chi connectivity index (χ3n) is 7.44. The van der Waals surface area contributed by atoms with E-state index < -0.39 is 5.72 Å². The molecule has 29 heavy (non-hydrogen) atoms. The Morgan fingerprint density at radius 3 is 2.79 bits per heavy atom. The molecule has 0 radical (unpaired) electrons. The lowest BCUT2D eigenvalue weighted by atomic mass is 9.52. The zero-order valence-corrected chi connectivity index (χ0v) is 17.8. The SMILES string of the molecule is CCN(CC)CCNC(=O)[C@H]1C[C@H]2CC[C@@]1(C)C[C@]21NC(=O)c2ccccc2O1. The van der Waals surface area contributed by atoms with Gasteiger partial charge >= 0.3 is 0 Å². The van der Waals surface area contributed by atoms with Crippen LogP contribution >= 0.6 is 0 Å². The summed E-state index contributed by atoms with van der Waals surface area (Å²) in [5.41, 5.74) is -0.264. The number of benzene rings is 1. The van der Waals surface area contributed by atoms with Crippen molar-refractivity contribution in [1.82, 2.24) is 15.5 Å². The van der Waals surface area contributed by atoms with Crippen LogP contribution in [-0.4, -0.2) is 48.6 Å². The molecule has 158 valence electrons. The van der Waals surface area contributed by atoms with Gasteiger partial charge in [0.1, 0.15) is 5.75 Å². The number of hydrogen-bond acceptors (Lipinski definition) is 4. The van der Waals surface area contributed by atoms with E-state index in [1.54, 1.807) is 6.07 Å². The molecule has 2 bridgehead atoms. The van der Waals surface area contributed by atoms with Crippen molar-refractivity contribution in [3.05, 3.63) is 29.8 Å². The van der Waals surface area contributed by atoms with Crippen LogP contribution < -0.4 is 15.4 Å². The third-order valence-corrected chi connectivity index (χ3v) is 7.44. The highest BCUT2D eigenvalue weighted by Gasteiger charge is 2.61. The molecule has 1 aromatic carbocycles. The Hall–Kier alpha value is -2.08. The van der Waals surface area contributed by atoms with Crippen LogP contribution in [0, 0.1) is 17.3 Å². The van der Waals surface area contributed by atoms with Crippen LogP contribution in [0.3, 0.4) is 0 Å². The van der Waals surface area contributed by atoms with E-state index >= 15 is 0 Å². The summed E-state index contributed by atoms with van der Waals surface area (Å²) >= 11 is 0. The molecule has 6 heteroatoms. The zero-order chi connectivity index (χ0) is 20.6. The molecule has 3 aliphatic carbocycles. The number of likely N-dealkylation sites (N-methyl/N-ethyl adjacent to an activating group) is 1. The minimum atomic E-state index is -0.684. The minimum Gasteiger partial charge on any atom is -0.467 e. The summed E-state index contributed by atoms with van der Waals surface area (Å²) in [4.78, 5) is 28.1. The molecule has 1 spiro atoms. The highest BCUT2D eigenvalue weighted by atomic mass is 16.5. The fraction of sp³-hybridized carbons (Fsp3) is 0.652. The summed E-state index contributed by atoms with van der Waals surface area (Å²) in [6, 6.07) is 7.43. The summed E-state index contributed by atoms with van der Waals surface area (Å²) in [6.45, 7) is 10.0. The molecule has 0 saturated heterocycles. The summed E-state index contributed by atoms with van der Waals surface area (Å²) < 4.78 is 6.43. The standard InChI is InChI=1S/C23H33N3O3/c1-4-26(5-2)13-12-24-21(28)18-14-16-10-11-22(18,3)15-23(16)25-20(27)17-8-6-7-9-19(17)29-23/h6-9,16,18H,4-5,10-15H2,1-3H3,(H,24,28)(H,25,27)/t16-,18-,22+,23-/m1/s1. The first kappa shape index (κ1) is 20.2. The smallest absolute Gasteiger partial charge is 0.258 e. The summed E-state index contributed by atoms with van der Waals surface area (Å²) in [5, 5.41) is 6.35. The van der Waals surface area contributed by atoms with Gasteiger partial charge in [0.25, 0.3) is 5.91 Å². The van der Waals surface area contributed by atoms with Crippen LogP contribution in [0.5, 0.6) is 5.75 Å². The lowest BCUT2D eigenvalue weighted by Crippen LogP contribution is -2.69. The van der Waals surface area contributed by atoms with E-state index in [2.05, 4.69) is 36.3 Å². The Kier molecular flexibility index (Phi) is 5.32. The Balaban J connectivity index is 1.47. The molecule has 1 heterocycles. The van der Waals surface area contributed by atoms with Gasteiger partial charge in [0.15, 0.2) is 5.72 Å². The summed E-state index contributed by atoms with van der Waals surface area (Å²) in [7, 11) is 0. The number of fused-ring (bicyclic) bond motifs is 3. The number of ether oxygens (including phenoxy) is 1. The molecule has 2 N–H and O–H groups in total. The number of para-hydroxylation sites is 1. The van der Waals surface area contributed by atoms with Crippen molar-refractivity contribution in [2.45, 2.75) is 52.2 Å². The van der Waals surface area contributed by atoms with Gasteiger partial charge in [-0.1, -0.05) is 32.9 Å². The second-order valence-electron chi connectivity index (χ2n) is 9.11. The van der Waals surface area contributed by atoms with Gasteiger partial charge in [-0.25, -0.2) is 0 Å². The monoisotopic (exact) mass is 399 g/mol. The molecule has 5 rings (SSSR count). The molecule has 4 atom stereocenters. The van der Waals surface area contributed by atoms with Crippen LogP contribution in [0.1, 0.15) is 56.8 Å². The van der Waals surface area contributed by atoms with Gasteiger partial charge in [-0.05, 0) is 49.9 Å². The van der Waals surface area contributed by atoms with E-state index in [1.165, 1.54) is 0 Å². The van der Waals surface area contributed by atoms with Crippen LogP contribution in [-0.2, 0) is 4.79 Å². The molecule has 2 amide bonds. The number of nitrogens with zero attached hydrogens (tertiary/aromatic N) is 1. The first-order chi connectivity index (χ1) is 13.9. The first-order valence-electron chi connectivity index (χ1n) is 11.0. The zero-order valence-electron chi connectivity index (χ0n) is 17.8. The molecule has 3 fully saturated rings. The molecule has 0 aromatic heterocycles. The Labute approximate surface area is 173 Å². The van der Waals surface area contributed by atoms with Crippen molar-refractivity contribution in [2.75, 3.05) is 26.2 Å². The minimum absolute atomic E-state index is 0.0266. The topological polar surface area (TPSA) is 70.7 Å². The highest BCUT2D eigenvalue weighted by molar-refractivity contribution is 5.98. The van der Waals surface area contributed by atoms with Gasteiger partial charge in [-0.2, -0.15) is 0 Å². The van der Waals surface area contributed by atoms with Crippen molar-refractivity contribution in [1.29, 1.82) is 0 Å². The molecular weight excluding hydrogens is 366 g/mol. The Morgan fingerprint density at radius 1 is 1.31 bits per heavy atom. The second kappa shape index (κ2) is 7.63. The molecule has 4 aliphatic rings. The van der Waals surface area contributed by atoms with E-state index in [0.29, 0.717) is 24.3 Å². The average molecular weight is 400 g/mol. The number of amides is 2. The van der Waals surface area contributed by atoms with Crippen molar-refractivity contribution in [2.24, 2.45) is 17.3 Å². The molecule has 0 unspecified atom stereocenters. The van der Waals surface area contributed by atoms with E-state index in [9.17, 15) is 9.59 Å². The van der Waals surface area contributed by atoms with E-state index in [0.717, 1.165) is 38.9 Å². The number of nitrogens with one attached hydrogen (secondary N) is 2. The molecule has 3 saturated carbocycles. The highest BCUT2D eigenvalue weighted by Crippen LogP contribution is 2.58. The molecule has 1 aromatic rings. The summed E-state index contributed by atoms with van der Waals surface area (Å²) in [5.74, 6) is 0.874. The van der Waals surface area contributed by atoms with E-state index in [4.69, 9.17) is 4.74 Å². The maximum Gasteiger partial charge on any atom is 0.258 e. The average Bonchev–Trinajstić information content (AvgIpc) is 2.70. The molecular formula is C23H33N3O3. The molecule has 6 nitrogen and oxygen atoms in total. The first-order valence-corrected chi connectivity index (χ1v) is 11.0. The van der Waals surface area contributed by atoms with Crippen molar-refractivity contribution >= 4 is 11.8 Å². The normalized spacial score (nSPS) is 32.6. The van der Waals surface area contributed by atoms with Crippen LogP contribution in [0.4, 0.5) is 0 Å². The number of carbonyl (C=O) groups is 2. The van der Waals surface area contributed by atoms with Crippen LogP contribution in [0.15, 0.2) is 24.3 Å². The fourth-order valence-corrected chi connectivity index (χ4v) is 5.66. The predicted molar refractivity (Wildman–Crippen MR) is 112 cm³/mol. The maximum absolute atomic E-state index is 13.0. The van der Waals surface area contributed by atoms with Gasteiger partial charge in [0, 0.05) is 31.3 Å². The van der Waals surface area contributed by atoms with Gasteiger partial charge in [-0.3, -0.25) is 9.59 Å². The van der Waals surface area contributed by atoms with Crippen LogP contribution in [0.25, 0.3) is 0 Å². The third kappa shape index (κ3) is 3.52. The fourth-order valence-electron chi connectivity index (χ4n) is 5.66. The van der Waals surface area contributed by atoms with Crippen LogP contribution in [0.2, 0.25) is 0 Å². The molecule has 1 aliphatic heterocycles. The number of rotatable bonds is 6. The number of carbonyl (C=O) groups excluding carboxylic acids is 2. The van der Waals surface area contributed by atoms with Gasteiger partial charge in [-0.15, -0.1) is 0 Å². The summed E-state index contributed by atoms with van der Waals surface area (Å²) in [6.07, 6.45) is 3.41. The van der Waals surface area contributed by atoms with Crippen molar-refractivity contribution in [3.63, 3.8) is 0 Å². The van der Waals surface area contributed by atoms with Gasteiger partial charge in [0.05, 0.1) is 5.56 Å². The van der Waals surface area contributed by atoms with Gasteiger partial charge < -0.3 is 20.3 Å². The Bertz CT molecular complexity index is 793. The maximum atomic E-state index is 13.0. The van der Waals surface area contributed by atoms with Gasteiger partial charge in [0.2, 0.25) is 5.91 Å². The number of hydrogen-bond donors (Lipinski definition) is 2. The van der Waals surface area contributed by atoms with Crippen molar-refractivity contribution in [3.8, 4) is 5.75 Å². The van der Waals surface area contributed by atoms with E-state index in [1.807, 2.05) is 18.2 Å². The second-order valence-corrected chi connectivity index (χ2v) is 9.11. The quantitative estimate of drug-likeness (QED) is 0.772.